The standard InChI is InChI=1S/C30H60N3O6P/c1-25(2)19(34)16-22(31(13)28(25,7)8)37-40(38-23-17-20(35)26(3,4)29(9,10)32(23)14)39-24-18-21(36)27(5,6)30(11,12)33(24)15/h19-24,34-36H,16-18H2,1-15H3. The van der Waals surface area contributed by atoms with Crippen LogP contribution in [0.15, 0.2) is 0 Å². The van der Waals surface area contributed by atoms with Gasteiger partial charge in [-0.05, 0) is 62.7 Å². The Morgan fingerprint density at radius 2 is 0.675 bits per heavy atom. The summed E-state index contributed by atoms with van der Waals surface area (Å²) in [6, 6.07) is 0. The van der Waals surface area contributed by atoms with E-state index in [0.717, 1.165) is 0 Å². The lowest BCUT2D eigenvalue weighted by Crippen LogP contribution is -2.66. The lowest BCUT2D eigenvalue weighted by molar-refractivity contribution is -0.205. The van der Waals surface area contributed by atoms with Gasteiger partial charge in [-0.15, -0.1) is 0 Å². The molecule has 3 fully saturated rings. The Morgan fingerprint density at radius 3 is 0.875 bits per heavy atom. The molecule has 3 aliphatic rings. The third-order valence-electron chi connectivity index (χ3n) is 13.1. The molecule has 0 aromatic rings. The van der Waals surface area contributed by atoms with Gasteiger partial charge in [0, 0.05) is 52.1 Å². The summed E-state index contributed by atoms with van der Waals surface area (Å²) in [6.07, 6.45) is -1.76. The molecule has 9 nitrogen and oxygen atoms in total. The fourth-order valence-electron chi connectivity index (χ4n) is 6.31. The van der Waals surface area contributed by atoms with Crippen LogP contribution in [-0.4, -0.2) is 105 Å². The minimum atomic E-state index is -1.94. The summed E-state index contributed by atoms with van der Waals surface area (Å²) in [7, 11) is 4.13. The van der Waals surface area contributed by atoms with Crippen LogP contribution >= 0.6 is 8.60 Å². The van der Waals surface area contributed by atoms with Crippen molar-refractivity contribution in [3.8, 4) is 0 Å². The van der Waals surface area contributed by atoms with E-state index in [-0.39, 0.29) is 32.9 Å². The number of aliphatic hydroxyl groups excluding tert-OH is 3. The second-order valence-electron chi connectivity index (χ2n) is 15.8. The van der Waals surface area contributed by atoms with Gasteiger partial charge in [0.25, 0.3) is 0 Å². The minimum absolute atomic E-state index is 0.349. The Hall–Kier alpha value is 0.0700. The average molecular weight is 590 g/mol. The molecule has 6 atom stereocenters. The van der Waals surface area contributed by atoms with E-state index in [1.54, 1.807) is 0 Å². The van der Waals surface area contributed by atoms with Crippen LogP contribution in [0.5, 0.6) is 0 Å². The van der Waals surface area contributed by atoms with Crippen molar-refractivity contribution in [3.05, 3.63) is 0 Å². The van der Waals surface area contributed by atoms with E-state index < -0.39 is 45.6 Å². The molecule has 0 aromatic carbocycles. The molecule has 0 aliphatic carbocycles. The van der Waals surface area contributed by atoms with Gasteiger partial charge in [-0.2, -0.15) is 0 Å². The largest absolute Gasteiger partial charge is 0.392 e. The summed E-state index contributed by atoms with van der Waals surface area (Å²) in [6.45, 7) is 25.3. The smallest absolute Gasteiger partial charge is 0.337 e. The maximum atomic E-state index is 11.2. The van der Waals surface area contributed by atoms with E-state index >= 15 is 0 Å². The van der Waals surface area contributed by atoms with Crippen molar-refractivity contribution in [1.29, 1.82) is 0 Å². The van der Waals surface area contributed by atoms with Crippen molar-refractivity contribution in [1.82, 2.24) is 14.7 Å². The molecule has 40 heavy (non-hydrogen) atoms. The third-order valence-corrected chi connectivity index (χ3v) is 14.3. The molecule has 0 spiro atoms. The van der Waals surface area contributed by atoms with Gasteiger partial charge >= 0.3 is 8.60 Å². The first-order chi connectivity index (χ1) is 17.8. The summed E-state index contributed by atoms with van der Waals surface area (Å²) < 4.78 is 20.1. The highest BCUT2D eigenvalue weighted by atomic mass is 31.2. The second-order valence-corrected chi connectivity index (χ2v) is 16.9. The van der Waals surface area contributed by atoms with Crippen LogP contribution in [0.1, 0.15) is 102 Å². The minimum Gasteiger partial charge on any atom is -0.392 e. The zero-order chi connectivity index (χ0) is 31.0. The Morgan fingerprint density at radius 1 is 0.475 bits per heavy atom. The van der Waals surface area contributed by atoms with Crippen LogP contribution < -0.4 is 0 Å². The van der Waals surface area contributed by atoms with Gasteiger partial charge in [-0.25, -0.2) is 0 Å². The SMILES string of the molecule is CN1C(OP(OC2CC(O)C(C)(C)C(C)(C)N2C)OC2CC(O)C(C)(C)C(C)(C)N2C)CC(O)C(C)(C)C1(C)C. The van der Waals surface area contributed by atoms with Crippen LogP contribution in [0.25, 0.3) is 0 Å². The zero-order valence-electron chi connectivity index (χ0n) is 27.9. The number of rotatable bonds is 6. The zero-order valence-corrected chi connectivity index (χ0v) is 28.8. The van der Waals surface area contributed by atoms with Crippen molar-refractivity contribution >= 4 is 8.60 Å². The van der Waals surface area contributed by atoms with Crippen molar-refractivity contribution in [2.75, 3.05) is 21.1 Å². The molecule has 3 saturated heterocycles. The molecule has 0 saturated carbocycles. The molecular formula is C30H60N3O6P. The molecule has 0 radical (unpaired) electrons. The van der Waals surface area contributed by atoms with Gasteiger partial charge in [0.15, 0.2) is 0 Å². The van der Waals surface area contributed by atoms with E-state index in [1.165, 1.54) is 0 Å². The summed E-state index contributed by atoms with van der Waals surface area (Å²) in [5, 5.41) is 33.5. The molecule has 0 aromatic heterocycles. The van der Waals surface area contributed by atoms with Crippen molar-refractivity contribution in [3.63, 3.8) is 0 Å². The highest BCUT2D eigenvalue weighted by Crippen LogP contribution is 2.56. The Labute approximate surface area is 245 Å². The van der Waals surface area contributed by atoms with E-state index in [1.807, 2.05) is 21.1 Å². The van der Waals surface area contributed by atoms with Crippen LogP contribution in [-0.2, 0) is 13.6 Å². The molecule has 3 aliphatic heterocycles. The Balaban J connectivity index is 1.93. The van der Waals surface area contributed by atoms with Crippen LogP contribution in [0.3, 0.4) is 0 Å². The number of nitrogens with zero attached hydrogens (tertiary/aromatic N) is 3. The van der Waals surface area contributed by atoms with Gasteiger partial charge in [0.2, 0.25) is 0 Å². The van der Waals surface area contributed by atoms with Crippen LogP contribution in [0.4, 0.5) is 0 Å². The van der Waals surface area contributed by atoms with E-state index in [2.05, 4.69) is 97.8 Å². The van der Waals surface area contributed by atoms with Gasteiger partial charge in [-0.1, -0.05) is 41.5 Å². The topological polar surface area (TPSA) is 98.1 Å². The highest BCUT2D eigenvalue weighted by Gasteiger charge is 2.57. The number of hydrogen-bond donors (Lipinski definition) is 3. The predicted molar refractivity (Wildman–Crippen MR) is 160 cm³/mol. The van der Waals surface area contributed by atoms with Gasteiger partial charge in [0.1, 0.15) is 18.7 Å². The molecule has 236 valence electrons. The molecular weight excluding hydrogens is 529 g/mol. The summed E-state index contributed by atoms with van der Waals surface area (Å²) >= 11 is 0. The monoisotopic (exact) mass is 589 g/mol. The van der Waals surface area contributed by atoms with Crippen LogP contribution in [0, 0.1) is 16.2 Å². The summed E-state index contributed by atoms with van der Waals surface area (Å²) in [5.74, 6) is 0. The second kappa shape index (κ2) is 10.9. The first-order valence-electron chi connectivity index (χ1n) is 14.9. The third kappa shape index (κ3) is 5.33. The van der Waals surface area contributed by atoms with Gasteiger partial charge in [-0.3, -0.25) is 28.3 Å². The maximum Gasteiger partial charge on any atom is 0.337 e. The summed E-state index contributed by atoms with van der Waals surface area (Å²) in [5.41, 5.74) is -2.12. The fraction of sp³-hybridized carbons (Fsp3) is 1.00. The van der Waals surface area contributed by atoms with E-state index in [4.69, 9.17) is 13.6 Å². The van der Waals surface area contributed by atoms with E-state index in [0.29, 0.717) is 19.3 Å². The number of aliphatic hydroxyl groups is 3. The Kier molecular flexibility index (Phi) is 9.42. The molecule has 6 unspecified atom stereocenters. The van der Waals surface area contributed by atoms with Crippen molar-refractivity contribution in [2.45, 2.75) is 156 Å². The highest BCUT2D eigenvalue weighted by molar-refractivity contribution is 7.41. The van der Waals surface area contributed by atoms with Crippen molar-refractivity contribution in [2.24, 2.45) is 16.2 Å². The first kappa shape index (κ1) is 34.6. The summed E-state index contributed by atoms with van der Waals surface area (Å²) in [4.78, 5) is 6.50. The van der Waals surface area contributed by atoms with Gasteiger partial charge < -0.3 is 15.3 Å². The van der Waals surface area contributed by atoms with Gasteiger partial charge in [0.05, 0.1) is 18.3 Å². The normalized spacial score (nSPS) is 40.0. The fourth-order valence-corrected chi connectivity index (χ4v) is 7.74. The molecule has 3 heterocycles. The lowest BCUT2D eigenvalue weighted by Gasteiger charge is -2.59. The number of hydrogen-bond acceptors (Lipinski definition) is 9. The predicted octanol–water partition coefficient (Wildman–Crippen LogP) is 4.75. The number of likely N-dealkylation sites (tertiary alicyclic amines) is 3. The lowest BCUT2D eigenvalue weighted by atomic mass is 9.66. The maximum absolute atomic E-state index is 11.2. The molecule has 10 heteroatoms. The first-order valence-corrected chi connectivity index (χ1v) is 16.0. The quantitative estimate of drug-likeness (QED) is 0.380. The molecule has 0 bridgehead atoms. The Bertz CT molecular complexity index is 796. The van der Waals surface area contributed by atoms with E-state index in [9.17, 15) is 15.3 Å². The molecule has 3 rings (SSSR count). The average Bonchev–Trinajstić information content (AvgIpc) is 2.82. The van der Waals surface area contributed by atoms with Crippen molar-refractivity contribution < 1.29 is 28.9 Å². The molecule has 0 amide bonds. The molecule has 3 N–H and O–H groups in total. The van der Waals surface area contributed by atoms with Crippen LogP contribution in [0.2, 0.25) is 0 Å². The number of piperidine rings is 3.